The van der Waals surface area contributed by atoms with Crippen LogP contribution in [-0.2, 0) is 13.1 Å². The zero-order chi connectivity index (χ0) is 21.4. The molecule has 1 saturated heterocycles. The molecule has 1 N–H and O–H groups in total. The van der Waals surface area contributed by atoms with E-state index in [1.54, 1.807) is 23.1 Å². The molecule has 0 unspecified atom stereocenters. The minimum Gasteiger partial charge on any atom is -0.341 e. The van der Waals surface area contributed by atoms with E-state index in [1.165, 1.54) is 38.3 Å². The number of hydrogen-bond acceptors (Lipinski definition) is 1. The van der Waals surface area contributed by atoms with Crippen molar-refractivity contribution in [3.8, 4) is 0 Å². The Morgan fingerprint density at radius 2 is 1.65 bits per heavy atom. The number of benzene rings is 3. The molecule has 4 nitrogen and oxygen atoms in total. The van der Waals surface area contributed by atoms with Gasteiger partial charge in [-0.3, -0.25) is 4.79 Å². The molecule has 1 amide bonds. The molecule has 0 saturated carbocycles. The largest absolute Gasteiger partial charge is 0.341 e. The monoisotopic (exact) mass is 416 g/mol. The average molecular weight is 417 g/mol. The van der Waals surface area contributed by atoms with Gasteiger partial charge in [0.1, 0.15) is 12.4 Å². The summed E-state index contributed by atoms with van der Waals surface area (Å²) in [6.07, 6.45) is 0. The summed E-state index contributed by atoms with van der Waals surface area (Å²) >= 11 is 0. The van der Waals surface area contributed by atoms with Gasteiger partial charge in [-0.05, 0) is 37.3 Å². The molecule has 0 spiro atoms. The van der Waals surface area contributed by atoms with Crippen molar-refractivity contribution in [1.29, 1.82) is 0 Å². The second-order valence-corrected chi connectivity index (χ2v) is 8.31. The van der Waals surface area contributed by atoms with Crippen molar-refractivity contribution in [3.05, 3.63) is 83.7 Å². The van der Waals surface area contributed by atoms with Crippen LogP contribution >= 0.6 is 0 Å². The Morgan fingerprint density at radius 3 is 2.42 bits per heavy atom. The molecule has 1 aromatic heterocycles. The number of para-hydroxylation sites is 1. The first-order valence-electron chi connectivity index (χ1n) is 11.0. The molecule has 4 aromatic rings. The molecule has 2 heterocycles. The third kappa shape index (κ3) is 3.59. The van der Waals surface area contributed by atoms with Gasteiger partial charge in [0, 0.05) is 33.9 Å². The summed E-state index contributed by atoms with van der Waals surface area (Å²) < 4.78 is 16.3. The molecule has 5 heteroatoms. The zero-order valence-corrected chi connectivity index (χ0v) is 17.8. The highest BCUT2D eigenvalue weighted by atomic mass is 19.1. The summed E-state index contributed by atoms with van der Waals surface area (Å²) in [6, 6.07) is 21.6. The van der Waals surface area contributed by atoms with Crippen molar-refractivity contribution >= 4 is 27.7 Å². The van der Waals surface area contributed by atoms with Crippen molar-refractivity contribution < 1.29 is 14.1 Å². The maximum absolute atomic E-state index is 14.0. The number of fused-ring (bicyclic) bond motifs is 3. The Bertz CT molecular complexity index is 1250. The quantitative estimate of drug-likeness (QED) is 0.542. The van der Waals surface area contributed by atoms with Gasteiger partial charge < -0.3 is 14.4 Å². The van der Waals surface area contributed by atoms with Gasteiger partial charge in [-0.15, -0.1) is 0 Å². The van der Waals surface area contributed by atoms with Crippen LogP contribution in [0, 0.1) is 5.82 Å². The number of nitrogens with zero attached hydrogens (tertiary/aromatic N) is 2. The number of hydrogen-bond donors (Lipinski definition) is 1. The second kappa shape index (κ2) is 8.16. The Balaban J connectivity index is 1.31. The first-order chi connectivity index (χ1) is 15.2. The predicted molar refractivity (Wildman–Crippen MR) is 122 cm³/mol. The fraction of sp³-hybridized carbons (Fsp3) is 0.269. The average Bonchev–Trinajstić information content (AvgIpc) is 3.12. The number of aromatic nitrogens is 1. The topological polar surface area (TPSA) is 29.7 Å². The number of quaternary nitrogens is 1. The first-order valence-corrected chi connectivity index (χ1v) is 11.0. The van der Waals surface area contributed by atoms with E-state index in [9.17, 15) is 9.18 Å². The third-order valence-corrected chi connectivity index (χ3v) is 6.47. The number of carbonyl (C=O) groups is 1. The van der Waals surface area contributed by atoms with Crippen LogP contribution < -0.4 is 4.90 Å². The van der Waals surface area contributed by atoms with Gasteiger partial charge in [0.05, 0.1) is 31.7 Å². The summed E-state index contributed by atoms with van der Waals surface area (Å²) in [5.41, 5.74) is 4.05. The van der Waals surface area contributed by atoms with Crippen LogP contribution in [0.1, 0.15) is 22.8 Å². The van der Waals surface area contributed by atoms with Gasteiger partial charge >= 0.3 is 0 Å². The molecule has 1 aliphatic rings. The van der Waals surface area contributed by atoms with E-state index in [4.69, 9.17) is 0 Å². The SMILES string of the molecule is CCn1c2ccccc2c2cc(C[NH+]3CCN(C(=O)c4ccccc4F)CC3)ccc21. The van der Waals surface area contributed by atoms with E-state index in [0.29, 0.717) is 13.1 Å². The summed E-state index contributed by atoms with van der Waals surface area (Å²) in [6.45, 7) is 7.12. The Labute approximate surface area is 181 Å². The summed E-state index contributed by atoms with van der Waals surface area (Å²) in [5.74, 6) is -0.646. The lowest BCUT2D eigenvalue weighted by Gasteiger charge is -2.32. The highest BCUT2D eigenvalue weighted by molar-refractivity contribution is 6.08. The molecule has 1 fully saturated rings. The Kier molecular flexibility index (Phi) is 5.20. The molecule has 5 rings (SSSR count). The summed E-state index contributed by atoms with van der Waals surface area (Å²) in [5, 5.41) is 2.61. The number of rotatable bonds is 4. The molecule has 3 aromatic carbocycles. The highest BCUT2D eigenvalue weighted by Crippen LogP contribution is 2.29. The van der Waals surface area contributed by atoms with E-state index >= 15 is 0 Å². The van der Waals surface area contributed by atoms with E-state index in [0.717, 1.165) is 26.2 Å². The molecular weight excluding hydrogens is 389 g/mol. The van der Waals surface area contributed by atoms with Crippen LogP contribution in [0.2, 0.25) is 0 Å². The van der Waals surface area contributed by atoms with Crippen LogP contribution in [-0.4, -0.2) is 41.6 Å². The van der Waals surface area contributed by atoms with Crippen molar-refractivity contribution in [2.75, 3.05) is 26.2 Å². The van der Waals surface area contributed by atoms with Gasteiger partial charge in [-0.1, -0.05) is 36.4 Å². The summed E-state index contributed by atoms with van der Waals surface area (Å²) in [4.78, 5) is 15.9. The standard InChI is InChI=1S/C26H26FN3O/c1-2-30-24-10-6-4-7-20(24)22-17-19(11-12-25(22)30)18-28-13-15-29(16-14-28)26(31)21-8-3-5-9-23(21)27/h3-12,17H,2,13-16,18H2,1H3/p+1. The summed E-state index contributed by atoms with van der Waals surface area (Å²) in [7, 11) is 0. The van der Waals surface area contributed by atoms with E-state index in [2.05, 4.69) is 54.0 Å². The molecule has 0 bridgehead atoms. The fourth-order valence-electron chi connectivity index (χ4n) is 4.85. The van der Waals surface area contributed by atoms with E-state index < -0.39 is 5.82 Å². The van der Waals surface area contributed by atoms with Crippen LogP contribution in [0.5, 0.6) is 0 Å². The van der Waals surface area contributed by atoms with Gasteiger partial charge in [0.15, 0.2) is 0 Å². The number of carbonyl (C=O) groups excluding carboxylic acids is 1. The Morgan fingerprint density at radius 1 is 0.935 bits per heavy atom. The lowest BCUT2D eigenvalue weighted by molar-refractivity contribution is -0.917. The second-order valence-electron chi connectivity index (χ2n) is 8.31. The third-order valence-electron chi connectivity index (χ3n) is 6.47. The predicted octanol–water partition coefficient (Wildman–Crippen LogP) is 3.49. The molecule has 158 valence electrons. The van der Waals surface area contributed by atoms with Gasteiger partial charge in [-0.25, -0.2) is 4.39 Å². The highest BCUT2D eigenvalue weighted by Gasteiger charge is 2.26. The normalized spacial score (nSPS) is 15.1. The molecule has 31 heavy (non-hydrogen) atoms. The van der Waals surface area contributed by atoms with Gasteiger partial charge in [0.2, 0.25) is 0 Å². The number of nitrogens with one attached hydrogen (secondary N) is 1. The van der Waals surface area contributed by atoms with Crippen LogP contribution in [0.25, 0.3) is 21.8 Å². The zero-order valence-electron chi connectivity index (χ0n) is 17.8. The van der Waals surface area contributed by atoms with Crippen LogP contribution in [0.4, 0.5) is 4.39 Å². The molecule has 1 aliphatic heterocycles. The number of amides is 1. The van der Waals surface area contributed by atoms with Crippen molar-refractivity contribution in [3.63, 3.8) is 0 Å². The number of piperazine rings is 1. The van der Waals surface area contributed by atoms with Gasteiger partial charge in [0.25, 0.3) is 5.91 Å². The first kappa shape index (κ1) is 19.8. The van der Waals surface area contributed by atoms with Crippen molar-refractivity contribution in [2.45, 2.75) is 20.0 Å². The molecular formula is C26H27FN3O+. The molecule has 0 radical (unpaired) electrons. The van der Waals surface area contributed by atoms with Crippen LogP contribution in [0.3, 0.4) is 0 Å². The van der Waals surface area contributed by atoms with Crippen LogP contribution in [0.15, 0.2) is 66.7 Å². The van der Waals surface area contributed by atoms with E-state index in [1.807, 2.05) is 0 Å². The van der Waals surface area contributed by atoms with E-state index in [-0.39, 0.29) is 11.5 Å². The maximum Gasteiger partial charge on any atom is 0.257 e. The minimum atomic E-state index is -0.443. The van der Waals surface area contributed by atoms with Gasteiger partial charge in [-0.2, -0.15) is 0 Å². The minimum absolute atomic E-state index is 0.170. The molecule has 0 atom stereocenters. The van der Waals surface area contributed by atoms with Crippen molar-refractivity contribution in [1.82, 2.24) is 9.47 Å². The lowest BCUT2D eigenvalue weighted by Crippen LogP contribution is -3.13. The maximum atomic E-state index is 14.0. The number of aryl methyl sites for hydroxylation is 1. The van der Waals surface area contributed by atoms with Crippen molar-refractivity contribution in [2.24, 2.45) is 0 Å². The lowest BCUT2D eigenvalue weighted by atomic mass is 10.1. The fourth-order valence-corrected chi connectivity index (χ4v) is 4.85. The Hall–Kier alpha value is -3.18. The molecule has 0 aliphatic carbocycles. The number of halogens is 1. The smallest absolute Gasteiger partial charge is 0.257 e.